The fraction of sp³-hybridized carbons (Fsp3) is 0.481. The van der Waals surface area contributed by atoms with E-state index in [4.69, 9.17) is 30.4 Å². The molecule has 358 valence electrons. The number of carboxylic acid groups (broad SMARTS) is 2. The Morgan fingerprint density at radius 3 is 1.15 bits per heavy atom. The van der Waals surface area contributed by atoms with E-state index >= 15 is 0 Å². The summed E-state index contributed by atoms with van der Waals surface area (Å²) in [6.07, 6.45) is 18.9. The summed E-state index contributed by atoms with van der Waals surface area (Å²) in [5, 5.41) is 59.0. The number of phenolic OH excluding ortho intramolecular Hbond substituents is 2. The van der Waals surface area contributed by atoms with Gasteiger partial charge in [0, 0.05) is 0 Å². The Morgan fingerprint density at radius 2 is 0.800 bits per heavy atom. The van der Waals surface area contributed by atoms with Crippen molar-refractivity contribution in [1.82, 2.24) is 0 Å². The number of hydrogen-bond acceptors (Lipinski definition) is 8. The van der Waals surface area contributed by atoms with Crippen LogP contribution in [0.2, 0.25) is 0 Å². The Hall–Kier alpha value is -4.98. The van der Waals surface area contributed by atoms with Crippen LogP contribution in [0.5, 0.6) is 23.0 Å². The summed E-state index contributed by atoms with van der Waals surface area (Å²) in [5.74, 6) is -5.13. The van der Waals surface area contributed by atoms with Crippen LogP contribution >= 0.6 is 0 Å². The van der Waals surface area contributed by atoms with E-state index in [0.717, 1.165) is 69.2 Å². The molecule has 4 aromatic carbocycles. The first-order chi connectivity index (χ1) is 30.6. The number of carboxylic acids is 2. The van der Waals surface area contributed by atoms with Crippen molar-refractivity contribution in [1.29, 1.82) is 0 Å². The second-order valence-corrected chi connectivity index (χ2v) is 16.9. The molecular formula is C54H74N2O8Pd. The molecule has 0 radical (unpaired) electrons. The van der Waals surface area contributed by atoms with Crippen LogP contribution in [0.15, 0.2) is 70.6 Å². The van der Waals surface area contributed by atoms with Crippen LogP contribution < -0.4 is 10.2 Å². The van der Waals surface area contributed by atoms with Gasteiger partial charge in [0.2, 0.25) is 0 Å². The summed E-state index contributed by atoms with van der Waals surface area (Å²) < 4.78 is 0. The van der Waals surface area contributed by atoms with Crippen molar-refractivity contribution in [3.63, 3.8) is 0 Å². The standard InChI is InChI=1S/C30H44N2.2C12H16O4.Pd/c1-7-9-11-12-13-14-16-30(32-28-21-25(5)18-26(6)22-28)29(15-10-8-2)31-27-19-23(3)17-24(4)20-27;2*1-2-3-4-5-8-6-7-9(13)11(14)10(8)12(15)16;/h17-22H,7-16H2,1-6H3;2*6-7,13-14H,2-5H2,1H3,(H,15,16);/q;;;+2/p-2. The molecule has 0 aliphatic rings. The zero-order chi connectivity index (χ0) is 47.6. The Labute approximate surface area is 402 Å². The van der Waals surface area contributed by atoms with Gasteiger partial charge in [-0.3, -0.25) is 9.98 Å². The van der Waals surface area contributed by atoms with Crippen LogP contribution in [0.4, 0.5) is 11.4 Å². The van der Waals surface area contributed by atoms with E-state index in [2.05, 4.69) is 77.9 Å². The molecule has 4 N–H and O–H groups in total. The SMILES string of the molecule is CCCCCCCCC(=Nc1cc(C)cc(C)c1)C(CCCC)=Nc1cc(C)cc(C)c1.CCCCCc1ccc(O)c([O-])c1C(=O)O.CCCCCc1ccc(O)c([O-])c1C(=O)O.[Pd+2]. The van der Waals surface area contributed by atoms with Gasteiger partial charge < -0.3 is 30.6 Å². The minimum absolute atomic E-state index is 0. The van der Waals surface area contributed by atoms with Crippen molar-refractivity contribution in [3.8, 4) is 23.0 Å². The molecule has 0 aliphatic heterocycles. The van der Waals surface area contributed by atoms with Gasteiger partial charge in [-0.25, -0.2) is 9.59 Å². The minimum Gasteiger partial charge on any atom is -0.869 e. The number of nitrogens with zero attached hydrogens (tertiary/aromatic N) is 2. The number of aromatic carboxylic acids is 2. The summed E-state index contributed by atoms with van der Waals surface area (Å²) in [5.41, 5.74) is 9.96. The molecule has 0 fully saturated rings. The van der Waals surface area contributed by atoms with Gasteiger partial charge in [-0.05, 0) is 149 Å². The number of aryl methyl sites for hydroxylation is 6. The van der Waals surface area contributed by atoms with Crippen LogP contribution in [0, 0.1) is 27.7 Å². The molecule has 0 saturated heterocycles. The molecule has 4 aromatic rings. The number of benzene rings is 4. The van der Waals surface area contributed by atoms with E-state index in [1.165, 1.54) is 103 Å². The van der Waals surface area contributed by atoms with Gasteiger partial charge in [-0.2, -0.15) is 0 Å². The molecule has 11 heteroatoms. The van der Waals surface area contributed by atoms with E-state index in [9.17, 15) is 19.8 Å². The number of hydrogen-bond donors (Lipinski definition) is 4. The summed E-state index contributed by atoms with van der Waals surface area (Å²) in [6.45, 7) is 17.2. The summed E-state index contributed by atoms with van der Waals surface area (Å²) in [6, 6.07) is 18.7. The molecule has 0 aliphatic carbocycles. The smallest absolute Gasteiger partial charge is 0.869 e. The molecular weight excluding hydrogens is 911 g/mol. The predicted molar refractivity (Wildman–Crippen MR) is 259 cm³/mol. The fourth-order valence-corrected chi connectivity index (χ4v) is 7.53. The van der Waals surface area contributed by atoms with Crippen LogP contribution in [0.1, 0.15) is 185 Å². The fourth-order valence-electron chi connectivity index (χ4n) is 7.53. The Balaban J connectivity index is 0.000000537. The first-order valence-electron chi connectivity index (χ1n) is 23.4. The van der Waals surface area contributed by atoms with Gasteiger partial charge in [0.25, 0.3) is 0 Å². The van der Waals surface area contributed by atoms with Crippen molar-refractivity contribution in [2.24, 2.45) is 9.98 Å². The first-order valence-corrected chi connectivity index (χ1v) is 23.4. The van der Waals surface area contributed by atoms with Gasteiger partial charge in [-0.1, -0.05) is 128 Å². The number of unbranched alkanes of at least 4 members (excludes halogenated alkanes) is 10. The zero-order valence-corrected chi connectivity index (χ0v) is 41.7. The predicted octanol–water partition coefficient (Wildman–Crippen LogP) is 13.5. The first kappa shape index (κ1) is 58.0. The molecule has 0 amide bonds. The molecule has 10 nitrogen and oxygen atoms in total. The van der Waals surface area contributed by atoms with Crippen molar-refractivity contribution in [2.45, 2.75) is 171 Å². The van der Waals surface area contributed by atoms with Crippen LogP contribution in [0.25, 0.3) is 0 Å². The number of phenols is 2. The van der Waals surface area contributed by atoms with Crippen molar-refractivity contribution < 1.29 is 60.7 Å². The van der Waals surface area contributed by atoms with E-state index in [1.54, 1.807) is 0 Å². The number of rotatable bonds is 23. The minimum atomic E-state index is -1.27. The number of aliphatic imine (C=N–C) groups is 2. The maximum atomic E-state index is 11.4. The van der Waals surface area contributed by atoms with Gasteiger partial charge >= 0.3 is 32.4 Å². The maximum Gasteiger partial charge on any atom is 2.00 e. The average molecular weight is 986 g/mol. The molecule has 0 aromatic heterocycles. The number of carbonyl (C=O) groups is 2. The molecule has 0 unspecified atom stereocenters. The second kappa shape index (κ2) is 31.8. The Morgan fingerprint density at radius 1 is 0.477 bits per heavy atom. The Bertz CT molecular complexity index is 2030. The molecule has 0 atom stereocenters. The van der Waals surface area contributed by atoms with Gasteiger partial charge in [0.05, 0.1) is 33.9 Å². The molecule has 0 spiro atoms. The third-order valence-electron chi connectivity index (χ3n) is 10.8. The topological polar surface area (TPSA) is 186 Å². The largest absolute Gasteiger partial charge is 2.00 e. The van der Waals surface area contributed by atoms with Crippen molar-refractivity contribution >= 4 is 34.7 Å². The van der Waals surface area contributed by atoms with E-state index < -0.39 is 34.9 Å². The van der Waals surface area contributed by atoms with Crippen molar-refractivity contribution in [2.75, 3.05) is 0 Å². The summed E-state index contributed by atoms with van der Waals surface area (Å²) in [7, 11) is 0. The van der Waals surface area contributed by atoms with Gasteiger partial charge in [-0.15, -0.1) is 0 Å². The number of aromatic hydroxyl groups is 2. The zero-order valence-electron chi connectivity index (χ0n) is 40.1. The monoisotopic (exact) mass is 984 g/mol. The Kier molecular flexibility index (Phi) is 28.4. The van der Waals surface area contributed by atoms with Crippen molar-refractivity contribution in [3.05, 3.63) is 105 Å². The summed E-state index contributed by atoms with van der Waals surface area (Å²) >= 11 is 0. The quantitative estimate of drug-likeness (QED) is 0.0321. The third-order valence-corrected chi connectivity index (χ3v) is 10.8. The molecule has 0 heterocycles. The van der Waals surface area contributed by atoms with Gasteiger partial charge in [0.1, 0.15) is 11.5 Å². The van der Waals surface area contributed by atoms with Crippen LogP contribution in [-0.4, -0.2) is 43.8 Å². The second-order valence-electron chi connectivity index (χ2n) is 16.9. The normalized spacial score (nSPS) is 11.2. The average Bonchev–Trinajstić information content (AvgIpc) is 3.22. The summed E-state index contributed by atoms with van der Waals surface area (Å²) in [4.78, 5) is 32.2. The van der Waals surface area contributed by atoms with E-state index in [-0.39, 0.29) is 31.5 Å². The van der Waals surface area contributed by atoms with Crippen LogP contribution in [-0.2, 0) is 33.3 Å². The van der Waals surface area contributed by atoms with E-state index in [1.807, 2.05) is 13.8 Å². The molecule has 0 bridgehead atoms. The third kappa shape index (κ3) is 21.3. The molecule has 4 rings (SSSR count). The van der Waals surface area contributed by atoms with Gasteiger partial charge in [0.15, 0.2) is 0 Å². The molecule has 65 heavy (non-hydrogen) atoms. The molecule has 0 saturated carbocycles. The van der Waals surface area contributed by atoms with Crippen LogP contribution in [0.3, 0.4) is 0 Å². The maximum absolute atomic E-state index is 11.4. The van der Waals surface area contributed by atoms with E-state index in [0.29, 0.717) is 24.0 Å².